The van der Waals surface area contributed by atoms with Crippen LogP contribution in [0, 0.1) is 11.6 Å². The predicted molar refractivity (Wildman–Crippen MR) is 160 cm³/mol. The monoisotopic (exact) mass is 658 g/mol. The van der Waals surface area contributed by atoms with Crippen molar-refractivity contribution >= 4 is 44.8 Å². The van der Waals surface area contributed by atoms with Gasteiger partial charge in [-0.2, -0.15) is 0 Å². The van der Waals surface area contributed by atoms with E-state index in [0.29, 0.717) is 27.8 Å². The molecule has 0 fully saturated rings. The zero-order valence-electron chi connectivity index (χ0n) is 23.7. The standard InChI is InChI=1S/C15H14BFO5S.C14H12BFO5S/c1-21-12-2-4-13(5-3-12)23(19,20)9-11-6-14-10(7-15(11)17)8-22-16(14)18;16-14-6-9-7-21-15(18)13(9)5-10(14)8-22(19,20)12-3-1-11(17)2-4-12/h2-7,18H,8-9H2,1H3;1-6,17-18H,7-8H2. The molecule has 2 aliphatic rings. The zero-order chi connectivity index (χ0) is 32.5. The van der Waals surface area contributed by atoms with Gasteiger partial charge in [-0.25, -0.2) is 25.6 Å². The summed E-state index contributed by atoms with van der Waals surface area (Å²) in [4.78, 5) is 0.0667. The maximum absolute atomic E-state index is 14.1. The van der Waals surface area contributed by atoms with Gasteiger partial charge in [0.15, 0.2) is 19.7 Å². The molecule has 2 heterocycles. The van der Waals surface area contributed by atoms with E-state index in [1.54, 1.807) is 0 Å². The largest absolute Gasteiger partial charge is 0.508 e. The summed E-state index contributed by atoms with van der Waals surface area (Å²) in [6.07, 6.45) is 0. The van der Waals surface area contributed by atoms with Crippen molar-refractivity contribution in [3.63, 3.8) is 0 Å². The number of hydrogen-bond acceptors (Lipinski definition) is 10. The molecule has 0 amide bonds. The Morgan fingerprint density at radius 2 is 1.11 bits per heavy atom. The molecule has 0 aliphatic carbocycles. The molecule has 2 aliphatic heterocycles. The van der Waals surface area contributed by atoms with Crippen molar-refractivity contribution in [3.05, 3.63) is 107 Å². The van der Waals surface area contributed by atoms with Gasteiger partial charge >= 0.3 is 14.2 Å². The topological polar surface area (TPSA) is 157 Å². The fraction of sp³-hybridized carbons (Fsp3) is 0.172. The molecule has 4 aromatic rings. The number of methoxy groups -OCH3 is 1. The minimum Gasteiger partial charge on any atom is -0.508 e. The zero-order valence-corrected chi connectivity index (χ0v) is 25.3. The molecule has 0 atom stereocenters. The molecule has 3 N–H and O–H groups in total. The highest BCUT2D eigenvalue weighted by molar-refractivity contribution is 7.91. The van der Waals surface area contributed by atoms with E-state index in [2.05, 4.69) is 0 Å². The highest BCUT2D eigenvalue weighted by Gasteiger charge is 2.31. The summed E-state index contributed by atoms with van der Waals surface area (Å²) in [5.74, 6) is -1.83. The molecule has 10 nitrogen and oxygen atoms in total. The van der Waals surface area contributed by atoms with Crippen LogP contribution in [0.15, 0.2) is 82.6 Å². The first-order chi connectivity index (χ1) is 21.3. The Hall–Kier alpha value is -3.79. The third kappa shape index (κ3) is 7.21. The molecule has 4 aromatic carbocycles. The SMILES string of the molecule is COc1ccc(S(=O)(=O)Cc2cc3c(cc2F)COB3O)cc1.O=S(=O)(Cc1cc2c(cc1F)COB2O)c1ccc(O)cc1. The van der Waals surface area contributed by atoms with Gasteiger partial charge in [0.2, 0.25) is 0 Å². The van der Waals surface area contributed by atoms with Gasteiger partial charge in [0.05, 0.1) is 41.6 Å². The fourth-order valence-electron chi connectivity index (χ4n) is 4.82. The van der Waals surface area contributed by atoms with Crippen LogP contribution in [0.4, 0.5) is 8.78 Å². The third-order valence-corrected chi connectivity index (χ3v) is 10.6. The van der Waals surface area contributed by atoms with E-state index in [1.165, 1.54) is 79.9 Å². The number of sulfone groups is 2. The maximum atomic E-state index is 14.1. The average molecular weight is 658 g/mol. The third-order valence-electron chi connectivity index (χ3n) is 7.25. The van der Waals surface area contributed by atoms with Crippen LogP contribution in [0.5, 0.6) is 11.5 Å². The lowest BCUT2D eigenvalue weighted by Gasteiger charge is -2.09. The Bertz CT molecular complexity index is 1940. The number of benzene rings is 4. The predicted octanol–water partition coefficient (Wildman–Crippen LogP) is 1.75. The van der Waals surface area contributed by atoms with Crippen molar-refractivity contribution in [2.24, 2.45) is 0 Å². The van der Waals surface area contributed by atoms with E-state index in [1.807, 2.05) is 0 Å². The Morgan fingerprint density at radius 1 is 0.711 bits per heavy atom. The van der Waals surface area contributed by atoms with Gasteiger partial charge in [0.1, 0.15) is 23.1 Å². The summed E-state index contributed by atoms with van der Waals surface area (Å²) in [6, 6.07) is 16.0. The van der Waals surface area contributed by atoms with Crippen molar-refractivity contribution in [3.8, 4) is 11.5 Å². The highest BCUT2D eigenvalue weighted by Crippen LogP contribution is 2.24. The average Bonchev–Trinajstić information content (AvgIpc) is 3.54. The number of rotatable bonds is 7. The molecular weight excluding hydrogens is 632 g/mol. The summed E-state index contributed by atoms with van der Waals surface area (Å²) in [6.45, 7) is 0.206. The van der Waals surface area contributed by atoms with Crippen molar-refractivity contribution in [1.82, 2.24) is 0 Å². The van der Waals surface area contributed by atoms with E-state index >= 15 is 0 Å². The number of phenols is 1. The van der Waals surface area contributed by atoms with E-state index in [9.17, 15) is 40.8 Å². The molecule has 0 saturated carbocycles. The Balaban J connectivity index is 0.000000178. The van der Waals surface area contributed by atoms with Crippen LogP contribution in [0.25, 0.3) is 0 Å². The number of hydrogen-bond donors (Lipinski definition) is 3. The van der Waals surface area contributed by atoms with Crippen LogP contribution < -0.4 is 15.7 Å². The molecule has 0 spiro atoms. The number of fused-ring (bicyclic) bond motifs is 2. The van der Waals surface area contributed by atoms with Gasteiger partial charge in [-0.15, -0.1) is 0 Å². The summed E-state index contributed by atoms with van der Waals surface area (Å²) >= 11 is 0. The van der Waals surface area contributed by atoms with Crippen molar-refractivity contribution < 1.29 is 54.8 Å². The number of aromatic hydroxyl groups is 1. The molecule has 0 bridgehead atoms. The lowest BCUT2D eigenvalue weighted by atomic mass is 9.79. The Labute approximate surface area is 259 Å². The smallest absolute Gasteiger partial charge is 0.491 e. The molecule has 16 heteroatoms. The molecule has 0 unspecified atom stereocenters. The minimum atomic E-state index is -3.76. The quantitative estimate of drug-likeness (QED) is 0.250. The number of ether oxygens (including phenoxy) is 1. The second-order valence-electron chi connectivity index (χ2n) is 10.3. The normalized spacial score (nSPS) is 14.1. The van der Waals surface area contributed by atoms with Gasteiger partial charge in [0, 0.05) is 11.1 Å². The van der Waals surface area contributed by atoms with Crippen LogP contribution in [0.2, 0.25) is 0 Å². The summed E-state index contributed by atoms with van der Waals surface area (Å²) in [5.41, 5.74) is 1.81. The van der Waals surface area contributed by atoms with E-state index < -0.39 is 57.1 Å². The second-order valence-corrected chi connectivity index (χ2v) is 14.3. The lowest BCUT2D eigenvalue weighted by Crippen LogP contribution is -2.29. The first-order valence-corrected chi connectivity index (χ1v) is 16.7. The maximum Gasteiger partial charge on any atom is 0.491 e. The highest BCUT2D eigenvalue weighted by atomic mass is 32.2. The number of phenolic OH excluding ortho intramolecular Hbond substituents is 1. The van der Waals surface area contributed by atoms with Gasteiger partial charge in [-0.3, -0.25) is 0 Å². The Kier molecular flexibility index (Phi) is 9.35. The van der Waals surface area contributed by atoms with Gasteiger partial charge in [-0.05, 0) is 82.7 Å². The molecule has 234 valence electrons. The molecule has 0 saturated heterocycles. The van der Waals surface area contributed by atoms with Crippen molar-refractivity contribution in [2.75, 3.05) is 7.11 Å². The van der Waals surface area contributed by atoms with Gasteiger partial charge < -0.3 is 29.2 Å². The molecule has 45 heavy (non-hydrogen) atoms. The van der Waals surface area contributed by atoms with Crippen molar-refractivity contribution in [1.29, 1.82) is 0 Å². The summed E-state index contributed by atoms with van der Waals surface area (Å²) < 4.78 is 92.6. The van der Waals surface area contributed by atoms with Crippen LogP contribution in [0.3, 0.4) is 0 Å². The minimum absolute atomic E-state index is 0.00381. The van der Waals surface area contributed by atoms with Crippen LogP contribution in [-0.4, -0.2) is 53.3 Å². The fourth-order valence-corrected chi connectivity index (χ4v) is 7.51. The second kappa shape index (κ2) is 12.9. The summed E-state index contributed by atoms with van der Waals surface area (Å²) in [7, 11) is -8.30. The van der Waals surface area contributed by atoms with Crippen LogP contribution in [0.1, 0.15) is 22.3 Å². The first-order valence-electron chi connectivity index (χ1n) is 13.4. The van der Waals surface area contributed by atoms with Crippen LogP contribution in [-0.2, 0) is 53.7 Å². The summed E-state index contributed by atoms with van der Waals surface area (Å²) in [5, 5.41) is 28.5. The first kappa shape index (κ1) is 32.6. The molecule has 0 radical (unpaired) electrons. The molecular formula is C29H26B2F2O10S2. The number of halogens is 2. The molecule has 6 rings (SSSR count). The van der Waals surface area contributed by atoms with Gasteiger partial charge in [-0.1, -0.05) is 12.1 Å². The van der Waals surface area contributed by atoms with Crippen molar-refractivity contribution in [2.45, 2.75) is 34.5 Å². The van der Waals surface area contributed by atoms with Gasteiger partial charge in [0.25, 0.3) is 0 Å². The van der Waals surface area contributed by atoms with E-state index in [0.717, 1.165) is 0 Å². The molecule has 0 aromatic heterocycles. The van der Waals surface area contributed by atoms with Crippen LogP contribution >= 0.6 is 0 Å². The Morgan fingerprint density at radius 3 is 1.51 bits per heavy atom. The van der Waals surface area contributed by atoms with E-state index in [4.69, 9.17) is 14.0 Å². The lowest BCUT2D eigenvalue weighted by molar-refractivity contribution is 0.274. The van der Waals surface area contributed by atoms with E-state index in [-0.39, 0.29) is 39.9 Å².